The van der Waals surface area contributed by atoms with E-state index in [4.69, 9.17) is 9.47 Å². The van der Waals surface area contributed by atoms with E-state index in [9.17, 15) is 4.79 Å². The van der Waals surface area contributed by atoms with Crippen molar-refractivity contribution in [1.82, 2.24) is 0 Å². The summed E-state index contributed by atoms with van der Waals surface area (Å²) >= 11 is 3.43. The van der Waals surface area contributed by atoms with Gasteiger partial charge in [-0.2, -0.15) is 0 Å². The van der Waals surface area contributed by atoms with Gasteiger partial charge in [0.25, 0.3) is 0 Å². The molecule has 0 atom stereocenters. The van der Waals surface area contributed by atoms with Gasteiger partial charge in [-0.05, 0) is 54.5 Å². The summed E-state index contributed by atoms with van der Waals surface area (Å²) in [7, 11) is 0. The highest BCUT2D eigenvalue weighted by Crippen LogP contribution is 2.28. The van der Waals surface area contributed by atoms with E-state index in [1.165, 1.54) is 0 Å². The van der Waals surface area contributed by atoms with E-state index >= 15 is 0 Å². The molecule has 0 unspecified atom stereocenters. The molecule has 144 valence electrons. The molecule has 0 spiro atoms. The van der Waals surface area contributed by atoms with Crippen LogP contribution in [0.15, 0.2) is 88.9 Å². The standard InChI is InChI=1S/C25H19BrO3/c1-17-2-8-20(9-3-17)24-15-21(25(27)29-24)14-18-6-12-23(13-7-18)28-16-19-4-10-22(26)11-5-19/h2-15H,16H2,1H3/b21-14+. The predicted molar refractivity (Wildman–Crippen MR) is 118 cm³/mol. The topological polar surface area (TPSA) is 35.5 Å². The third kappa shape index (κ3) is 4.84. The van der Waals surface area contributed by atoms with Crippen molar-refractivity contribution in [3.63, 3.8) is 0 Å². The first-order valence-electron chi connectivity index (χ1n) is 9.27. The molecule has 0 saturated carbocycles. The molecule has 3 aromatic carbocycles. The second-order valence-electron chi connectivity index (χ2n) is 6.85. The monoisotopic (exact) mass is 446 g/mol. The van der Waals surface area contributed by atoms with E-state index in [-0.39, 0.29) is 5.97 Å². The summed E-state index contributed by atoms with van der Waals surface area (Å²) in [6.07, 6.45) is 3.60. The van der Waals surface area contributed by atoms with E-state index < -0.39 is 0 Å². The van der Waals surface area contributed by atoms with Crippen LogP contribution in [0.2, 0.25) is 0 Å². The zero-order chi connectivity index (χ0) is 20.2. The summed E-state index contributed by atoms with van der Waals surface area (Å²) in [4.78, 5) is 12.2. The Kier molecular flexibility index (Phi) is 5.63. The van der Waals surface area contributed by atoms with E-state index in [1.807, 2.05) is 85.8 Å². The molecule has 4 heteroatoms. The van der Waals surface area contributed by atoms with Crippen molar-refractivity contribution in [3.8, 4) is 5.75 Å². The summed E-state index contributed by atoms with van der Waals surface area (Å²) in [6, 6.07) is 23.6. The van der Waals surface area contributed by atoms with Gasteiger partial charge in [-0.3, -0.25) is 0 Å². The molecule has 0 fully saturated rings. The minimum absolute atomic E-state index is 0.337. The van der Waals surface area contributed by atoms with E-state index in [0.717, 1.165) is 32.5 Å². The smallest absolute Gasteiger partial charge is 0.343 e. The Morgan fingerprint density at radius 1 is 0.931 bits per heavy atom. The first kappa shape index (κ1) is 19.2. The number of rotatable bonds is 5. The number of ether oxygens (including phenoxy) is 2. The van der Waals surface area contributed by atoms with Gasteiger partial charge in [0.1, 0.15) is 18.1 Å². The van der Waals surface area contributed by atoms with Crippen molar-refractivity contribution in [2.24, 2.45) is 0 Å². The van der Waals surface area contributed by atoms with E-state index in [2.05, 4.69) is 15.9 Å². The summed E-state index contributed by atoms with van der Waals surface area (Å²) in [6.45, 7) is 2.53. The summed E-state index contributed by atoms with van der Waals surface area (Å²) < 4.78 is 12.3. The lowest BCUT2D eigenvalue weighted by atomic mass is 10.1. The van der Waals surface area contributed by atoms with Crippen LogP contribution in [0.25, 0.3) is 11.8 Å². The molecule has 0 N–H and O–H groups in total. The quantitative estimate of drug-likeness (QED) is 0.339. The number of esters is 1. The van der Waals surface area contributed by atoms with Gasteiger partial charge < -0.3 is 9.47 Å². The second kappa shape index (κ2) is 8.50. The Morgan fingerprint density at radius 2 is 1.62 bits per heavy atom. The van der Waals surface area contributed by atoms with Crippen molar-refractivity contribution in [3.05, 3.63) is 111 Å². The molecular formula is C25H19BrO3. The first-order chi connectivity index (χ1) is 14.1. The maximum Gasteiger partial charge on any atom is 0.343 e. The van der Waals surface area contributed by atoms with Gasteiger partial charge in [0, 0.05) is 10.0 Å². The number of hydrogen-bond acceptors (Lipinski definition) is 3. The zero-order valence-corrected chi connectivity index (χ0v) is 17.5. The SMILES string of the molecule is Cc1ccc(C2=C/C(=C\c3ccc(OCc4ccc(Br)cc4)cc3)C(=O)O2)cc1. The van der Waals surface area contributed by atoms with Crippen LogP contribution in [0.5, 0.6) is 5.75 Å². The van der Waals surface area contributed by atoms with Crippen LogP contribution < -0.4 is 4.74 Å². The molecule has 3 aromatic rings. The number of benzene rings is 3. The molecule has 29 heavy (non-hydrogen) atoms. The summed E-state index contributed by atoms with van der Waals surface area (Å²) in [5, 5.41) is 0. The van der Waals surface area contributed by atoms with Crippen molar-refractivity contribution in [1.29, 1.82) is 0 Å². The molecular weight excluding hydrogens is 428 g/mol. The van der Waals surface area contributed by atoms with E-state index in [1.54, 1.807) is 6.08 Å². The fraction of sp³-hybridized carbons (Fsp3) is 0.0800. The fourth-order valence-electron chi connectivity index (χ4n) is 2.94. The summed E-state index contributed by atoms with van der Waals surface area (Å²) in [5.41, 5.74) is 4.60. The van der Waals surface area contributed by atoms with Crippen LogP contribution in [0.1, 0.15) is 22.3 Å². The van der Waals surface area contributed by atoms with Crippen molar-refractivity contribution in [2.75, 3.05) is 0 Å². The minimum Gasteiger partial charge on any atom is -0.489 e. The molecule has 0 radical (unpaired) electrons. The lowest BCUT2D eigenvalue weighted by Gasteiger charge is -2.06. The van der Waals surface area contributed by atoms with E-state index in [0.29, 0.717) is 17.9 Å². The Balaban J connectivity index is 1.44. The van der Waals surface area contributed by atoms with Gasteiger partial charge in [0.05, 0.1) is 5.57 Å². The third-order valence-electron chi connectivity index (χ3n) is 4.58. The predicted octanol–water partition coefficient (Wildman–Crippen LogP) is 6.32. The first-order valence-corrected chi connectivity index (χ1v) is 10.1. The lowest BCUT2D eigenvalue weighted by Crippen LogP contribution is -1.97. The number of carbonyl (C=O) groups is 1. The van der Waals surface area contributed by atoms with Gasteiger partial charge >= 0.3 is 5.97 Å². The lowest BCUT2D eigenvalue weighted by molar-refractivity contribution is -0.130. The van der Waals surface area contributed by atoms with Gasteiger partial charge in [-0.1, -0.05) is 70.0 Å². The van der Waals surface area contributed by atoms with Crippen LogP contribution in [-0.4, -0.2) is 5.97 Å². The maximum absolute atomic E-state index is 12.2. The molecule has 0 saturated heterocycles. The Labute approximate surface area is 178 Å². The molecule has 0 aromatic heterocycles. The minimum atomic E-state index is -0.337. The average molecular weight is 447 g/mol. The molecule has 0 amide bonds. The van der Waals surface area contributed by atoms with Crippen LogP contribution >= 0.6 is 15.9 Å². The van der Waals surface area contributed by atoms with Gasteiger partial charge in [0.2, 0.25) is 0 Å². The molecule has 1 aliphatic heterocycles. The molecule has 4 rings (SSSR count). The maximum atomic E-state index is 12.2. The molecule has 1 aliphatic rings. The molecule has 0 aliphatic carbocycles. The highest BCUT2D eigenvalue weighted by molar-refractivity contribution is 9.10. The van der Waals surface area contributed by atoms with Gasteiger partial charge in [-0.15, -0.1) is 0 Å². The van der Waals surface area contributed by atoms with Crippen LogP contribution in [0, 0.1) is 6.92 Å². The average Bonchev–Trinajstić information content (AvgIpc) is 3.09. The Morgan fingerprint density at radius 3 is 2.31 bits per heavy atom. The number of aryl methyl sites for hydroxylation is 1. The number of halogens is 1. The third-order valence-corrected chi connectivity index (χ3v) is 5.11. The van der Waals surface area contributed by atoms with Crippen LogP contribution in [-0.2, 0) is 16.1 Å². The van der Waals surface area contributed by atoms with Crippen molar-refractivity contribution >= 4 is 33.7 Å². The molecule has 3 nitrogen and oxygen atoms in total. The summed E-state index contributed by atoms with van der Waals surface area (Å²) in [5.74, 6) is 1.02. The zero-order valence-electron chi connectivity index (χ0n) is 15.9. The highest BCUT2D eigenvalue weighted by Gasteiger charge is 2.21. The number of carbonyl (C=O) groups excluding carboxylic acids is 1. The molecule has 0 bridgehead atoms. The number of hydrogen-bond donors (Lipinski definition) is 0. The molecule has 1 heterocycles. The Hall–Kier alpha value is -3.11. The van der Waals surface area contributed by atoms with Crippen molar-refractivity contribution in [2.45, 2.75) is 13.5 Å². The van der Waals surface area contributed by atoms with Crippen molar-refractivity contribution < 1.29 is 14.3 Å². The van der Waals surface area contributed by atoms with Crippen LogP contribution in [0.4, 0.5) is 0 Å². The fourth-order valence-corrected chi connectivity index (χ4v) is 3.20. The number of cyclic esters (lactones) is 1. The normalized spacial score (nSPS) is 14.6. The highest BCUT2D eigenvalue weighted by atomic mass is 79.9. The largest absolute Gasteiger partial charge is 0.489 e. The van der Waals surface area contributed by atoms with Crippen LogP contribution in [0.3, 0.4) is 0 Å². The second-order valence-corrected chi connectivity index (χ2v) is 7.76. The van der Waals surface area contributed by atoms with Gasteiger partial charge in [0.15, 0.2) is 0 Å². The van der Waals surface area contributed by atoms with Gasteiger partial charge in [-0.25, -0.2) is 4.79 Å². The Bertz CT molecular complexity index is 1080.